The van der Waals surface area contributed by atoms with Gasteiger partial charge in [0.05, 0.1) is 5.39 Å². The summed E-state index contributed by atoms with van der Waals surface area (Å²) >= 11 is 1.68. The molecule has 2 aromatic heterocycles. The molecule has 0 spiro atoms. The average Bonchev–Trinajstić information content (AvgIpc) is 2.85. The predicted octanol–water partition coefficient (Wildman–Crippen LogP) is 3.64. The maximum Gasteiger partial charge on any atom is 0.138 e. The first kappa shape index (κ1) is 16.2. The topological polar surface area (TPSA) is 41.1 Å². The molecule has 2 aromatic rings. The Hall–Kier alpha value is -1.20. The standard InChI is InChI=1S/C16H26N4S/c1-7-13-18-14(12-8-9-21-15(12)19-13)17-11(2)16(3,4)10-20(5)6/h8-9,11H,7,10H2,1-6H3,(H,17,18,19). The van der Waals surface area contributed by atoms with Crippen LogP contribution < -0.4 is 5.32 Å². The molecule has 0 aromatic carbocycles. The average molecular weight is 306 g/mol. The molecule has 4 nitrogen and oxygen atoms in total. The third-order valence-electron chi connectivity index (χ3n) is 3.94. The van der Waals surface area contributed by atoms with Gasteiger partial charge in [-0.05, 0) is 37.9 Å². The van der Waals surface area contributed by atoms with Crippen LogP contribution in [0.1, 0.15) is 33.5 Å². The third kappa shape index (κ3) is 3.71. The summed E-state index contributed by atoms with van der Waals surface area (Å²) < 4.78 is 0. The summed E-state index contributed by atoms with van der Waals surface area (Å²) in [5, 5.41) is 6.83. The first-order valence-electron chi connectivity index (χ1n) is 7.49. The molecule has 2 rings (SSSR count). The molecule has 0 saturated carbocycles. The highest BCUT2D eigenvalue weighted by Crippen LogP contribution is 2.29. The molecule has 0 aliphatic heterocycles. The van der Waals surface area contributed by atoms with Crippen LogP contribution in [0.15, 0.2) is 11.4 Å². The lowest BCUT2D eigenvalue weighted by molar-refractivity contribution is 0.217. The summed E-state index contributed by atoms with van der Waals surface area (Å²) in [5.74, 6) is 1.88. The lowest BCUT2D eigenvalue weighted by atomic mass is 9.85. The van der Waals surface area contributed by atoms with Gasteiger partial charge in [-0.25, -0.2) is 9.97 Å². The van der Waals surface area contributed by atoms with E-state index in [9.17, 15) is 0 Å². The monoisotopic (exact) mass is 306 g/mol. The van der Waals surface area contributed by atoms with Gasteiger partial charge in [-0.15, -0.1) is 11.3 Å². The Balaban J connectivity index is 2.28. The quantitative estimate of drug-likeness (QED) is 0.884. The molecule has 0 amide bonds. The summed E-state index contributed by atoms with van der Waals surface area (Å²) in [4.78, 5) is 12.6. The maximum atomic E-state index is 4.70. The number of hydrogen-bond acceptors (Lipinski definition) is 5. The van der Waals surface area contributed by atoms with E-state index in [-0.39, 0.29) is 5.41 Å². The minimum Gasteiger partial charge on any atom is -0.366 e. The van der Waals surface area contributed by atoms with E-state index in [1.807, 2.05) is 0 Å². The molecule has 1 N–H and O–H groups in total. The van der Waals surface area contributed by atoms with E-state index in [4.69, 9.17) is 4.98 Å². The van der Waals surface area contributed by atoms with Crippen molar-refractivity contribution in [3.8, 4) is 0 Å². The van der Waals surface area contributed by atoms with E-state index in [1.165, 1.54) is 0 Å². The molecular weight excluding hydrogens is 280 g/mol. The van der Waals surface area contributed by atoms with Crippen molar-refractivity contribution >= 4 is 27.4 Å². The Morgan fingerprint density at radius 1 is 1.33 bits per heavy atom. The second kappa shape index (κ2) is 6.28. The molecule has 2 heterocycles. The molecule has 21 heavy (non-hydrogen) atoms. The largest absolute Gasteiger partial charge is 0.366 e. The lowest BCUT2D eigenvalue weighted by Crippen LogP contribution is -2.41. The normalized spacial score (nSPS) is 13.9. The fraction of sp³-hybridized carbons (Fsp3) is 0.625. The van der Waals surface area contributed by atoms with Crippen molar-refractivity contribution in [3.05, 3.63) is 17.3 Å². The zero-order chi connectivity index (χ0) is 15.6. The Bertz CT molecular complexity index is 603. The highest BCUT2D eigenvalue weighted by atomic mass is 32.1. The van der Waals surface area contributed by atoms with Gasteiger partial charge in [-0.2, -0.15) is 0 Å². The summed E-state index contributed by atoms with van der Waals surface area (Å²) in [5.41, 5.74) is 0.156. The first-order chi connectivity index (χ1) is 9.83. The predicted molar refractivity (Wildman–Crippen MR) is 92.2 cm³/mol. The fourth-order valence-corrected chi connectivity index (χ4v) is 3.30. The van der Waals surface area contributed by atoms with Crippen molar-refractivity contribution in [1.29, 1.82) is 0 Å². The number of anilines is 1. The van der Waals surface area contributed by atoms with Crippen molar-refractivity contribution in [2.75, 3.05) is 26.0 Å². The van der Waals surface area contributed by atoms with E-state index in [2.05, 4.69) is 68.4 Å². The van der Waals surface area contributed by atoms with Crippen LogP contribution in [-0.2, 0) is 6.42 Å². The highest BCUT2D eigenvalue weighted by Gasteiger charge is 2.27. The Labute approximate surface area is 131 Å². The number of aryl methyl sites for hydroxylation is 1. The van der Waals surface area contributed by atoms with Gasteiger partial charge in [0.1, 0.15) is 16.5 Å². The van der Waals surface area contributed by atoms with E-state index in [0.717, 1.165) is 34.8 Å². The van der Waals surface area contributed by atoms with Crippen LogP contribution >= 0.6 is 11.3 Å². The van der Waals surface area contributed by atoms with Gasteiger partial charge in [0.2, 0.25) is 0 Å². The number of thiophene rings is 1. The molecular formula is C16H26N4S. The Morgan fingerprint density at radius 2 is 2.05 bits per heavy atom. The van der Waals surface area contributed by atoms with Gasteiger partial charge in [-0.1, -0.05) is 20.8 Å². The summed E-state index contributed by atoms with van der Waals surface area (Å²) in [6.07, 6.45) is 0.859. The van der Waals surface area contributed by atoms with Gasteiger partial charge in [0, 0.05) is 19.0 Å². The van der Waals surface area contributed by atoms with Gasteiger partial charge in [0.25, 0.3) is 0 Å². The molecule has 1 atom stereocenters. The van der Waals surface area contributed by atoms with E-state index < -0.39 is 0 Å². The molecule has 0 saturated heterocycles. The number of hydrogen-bond donors (Lipinski definition) is 1. The Morgan fingerprint density at radius 3 is 2.67 bits per heavy atom. The van der Waals surface area contributed by atoms with Crippen LogP contribution in [0, 0.1) is 5.41 Å². The number of fused-ring (bicyclic) bond motifs is 1. The van der Waals surface area contributed by atoms with Crippen LogP contribution in [0.25, 0.3) is 10.2 Å². The smallest absolute Gasteiger partial charge is 0.138 e. The number of nitrogens with one attached hydrogen (secondary N) is 1. The maximum absolute atomic E-state index is 4.70. The van der Waals surface area contributed by atoms with Crippen molar-refractivity contribution in [2.45, 2.75) is 40.2 Å². The van der Waals surface area contributed by atoms with Crippen molar-refractivity contribution in [3.63, 3.8) is 0 Å². The summed E-state index contributed by atoms with van der Waals surface area (Å²) in [6.45, 7) is 9.93. The van der Waals surface area contributed by atoms with Crippen molar-refractivity contribution in [2.24, 2.45) is 5.41 Å². The molecule has 0 aliphatic rings. The van der Waals surface area contributed by atoms with Crippen LogP contribution in [-0.4, -0.2) is 41.5 Å². The number of rotatable bonds is 6. The van der Waals surface area contributed by atoms with Crippen LogP contribution in [0.2, 0.25) is 0 Å². The lowest BCUT2D eigenvalue weighted by Gasteiger charge is -2.35. The van der Waals surface area contributed by atoms with Gasteiger partial charge < -0.3 is 10.2 Å². The van der Waals surface area contributed by atoms with Crippen LogP contribution in [0.3, 0.4) is 0 Å². The molecule has 1 unspecified atom stereocenters. The zero-order valence-corrected chi connectivity index (χ0v) is 14.7. The fourth-order valence-electron chi connectivity index (χ4n) is 2.52. The van der Waals surface area contributed by atoms with E-state index >= 15 is 0 Å². The summed E-state index contributed by atoms with van der Waals surface area (Å²) in [7, 11) is 4.23. The van der Waals surface area contributed by atoms with Crippen LogP contribution in [0.5, 0.6) is 0 Å². The molecule has 0 aliphatic carbocycles. The Kier molecular flexibility index (Phi) is 4.84. The van der Waals surface area contributed by atoms with Crippen molar-refractivity contribution in [1.82, 2.24) is 14.9 Å². The van der Waals surface area contributed by atoms with E-state index in [1.54, 1.807) is 11.3 Å². The molecule has 0 fully saturated rings. The number of aromatic nitrogens is 2. The number of nitrogens with zero attached hydrogens (tertiary/aromatic N) is 3. The second-order valence-electron chi connectivity index (χ2n) is 6.57. The van der Waals surface area contributed by atoms with Gasteiger partial charge in [0.15, 0.2) is 0 Å². The molecule has 5 heteroatoms. The molecule has 0 bridgehead atoms. The summed E-state index contributed by atoms with van der Waals surface area (Å²) in [6, 6.07) is 2.43. The minimum absolute atomic E-state index is 0.156. The second-order valence-corrected chi connectivity index (χ2v) is 7.47. The van der Waals surface area contributed by atoms with Crippen molar-refractivity contribution < 1.29 is 0 Å². The zero-order valence-electron chi connectivity index (χ0n) is 13.9. The molecule has 0 radical (unpaired) electrons. The first-order valence-corrected chi connectivity index (χ1v) is 8.37. The minimum atomic E-state index is 0.156. The van der Waals surface area contributed by atoms with Crippen LogP contribution in [0.4, 0.5) is 5.82 Å². The van der Waals surface area contributed by atoms with E-state index in [0.29, 0.717) is 6.04 Å². The third-order valence-corrected chi connectivity index (χ3v) is 4.74. The molecule has 116 valence electrons. The highest BCUT2D eigenvalue weighted by molar-refractivity contribution is 7.16. The van der Waals surface area contributed by atoms with Gasteiger partial charge in [-0.3, -0.25) is 0 Å². The SMILES string of the molecule is CCc1nc(NC(C)C(C)(C)CN(C)C)c2ccsc2n1. The van der Waals surface area contributed by atoms with Gasteiger partial charge >= 0.3 is 0 Å².